The van der Waals surface area contributed by atoms with Gasteiger partial charge in [0.25, 0.3) is 0 Å². The van der Waals surface area contributed by atoms with Crippen molar-refractivity contribution in [3.63, 3.8) is 0 Å². The number of rotatable bonds is 10. The summed E-state index contributed by atoms with van der Waals surface area (Å²) in [7, 11) is 3.75. The molecule has 3 N–H and O–H groups in total. The average Bonchev–Trinajstić information content (AvgIpc) is 3.10. The number of nitrogens with two attached hydrogens (primary N) is 1. The molecule has 1 unspecified atom stereocenters. The highest BCUT2D eigenvalue weighted by Gasteiger charge is 2.17. The van der Waals surface area contributed by atoms with Gasteiger partial charge in [-0.25, -0.2) is 4.68 Å². The van der Waals surface area contributed by atoms with Gasteiger partial charge in [0, 0.05) is 27.1 Å². The molecule has 3 rings (SSSR count). The number of ether oxygens (including phenoxy) is 1. The zero-order chi connectivity index (χ0) is 20.6. The smallest absolute Gasteiger partial charge is 0.246 e. The Morgan fingerprint density at radius 1 is 1.31 bits per heavy atom. The number of thiocarbonyl (C=S) groups is 1. The minimum atomic E-state index is -0.217. The van der Waals surface area contributed by atoms with Crippen molar-refractivity contribution in [1.82, 2.24) is 25.0 Å². The van der Waals surface area contributed by atoms with Crippen molar-refractivity contribution in [2.45, 2.75) is 38.4 Å². The molecule has 29 heavy (non-hydrogen) atoms. The molecule has 2 heterocycles. The van der Waals surface area contributed by atoms with Crippen LogP contribution in [0.2, 0.25) is 0 Å². The molecule has 0 aliphatic carbocycles. The highest BCUT2D eigenvalue weighted by Crippen LogP contribution is 2.19. The summed E-state index contributed by atoms with van der Waals surface area (Å²) in [4.78, 5) is 8.59. The molecule has 9 heteroatoms. The van der Waals surface area contributed by atoms with E-state index in [4.69, 9.17) is 22.7 Å². The fourth-order valence-electron chi connectivity index (χ4n) is 3.49. The Bertz CT molecular complexity index is 789. The number of aromatic nitrogens is 3. The van der Waals surface area contributed by atoms with E-state index in [-0.39, 0.29) is 6.17 Å². The number of nitrogen functional groups attached to an aromatic ring is 1. The van der Waals surface area contributed by atoms with E-state index in [9.17, 15) is 0 Å². The second-order valence-electron chi connectivity index (χ2n) is 7.53. The van der Waals surface area contributed by atoms with Crippen LogP contribution in [-0.4, -0.2) is 58.9 Å². The Morgan fingerprint density at radius 3 is 2.79 bits per heavy atom. The SMILES string of the molecule is CN(C)c1nc(N)n(C(CCOc2cccc(CN3CCCCC3)c2)NC=S)n1. The number of benzene rings is 1. The van der Waals surface area contributed by atoms with E-state index in [2.05, 4.69) is 38.5 Å². The first-order valence-corrected chi connectivity index (χ1v) is 10.6. The molecule has 1 saturated heterocycles. The van der Waals surface area contributed by atoms with Gasteiger partial charge in [-0.15, -0.1) is 5.10 Å². The van der Waals surface area contributed by atoms with Crippen molar-refractivity contribution in [3.05, 3.63) is 29.8 Å². The Morgan fingerprint density at radius 2 is 2.10 bits per heavy atom. The van der Waals surface area contributed by atoms with Gasteiger partial charge >= 0.3 is 0 Å². The van der Waals surface area contributed by atoms with Crippen LogP contribution in [-0.2, 0) is 6.54 Å². The Kier molecular flexibility index (Phi) is 7.65. The first-order valence-electron chi connectivity index (χ1n) is 10.1. The highest BCUT2D eigenvalue weighted by atomic mass is 32.1. The number of hydrogen-bond donors (Lipinski definition) is 2. The quantitative estimate of drug-likeness (QED) is 0.570. The lowest BCUT2D eigenvalue weighted by molar-refractivity contribution is 0.220. The molecule has 1 aliphatic heterocycles. The predicted molar refractivity (Wildman–Crippen MR) is 120 cm³/mol. The lowest BCUT2D eigenvalue weighted by atomic mass is 10.1. The highest BCUT2D eigenvalue weighted by molar-refractivity contribution is 7.78. The van der Waals surface area contributed by atoms with Crippen LogP contribution in [0.15, 0.2) is 24.3 Å². The van der Waals surface area contributed by atoms with Crippen molar-refractivity contribution in [3.8, 4) is 5.75 Å². The lowest BCUT2D eigenvalue weighted by Crippen LogP contribution is -2.29. The number of nitrogens with one attached hydrogen (secondary N) is 1. The summed E-state index contributed by atoms with van der Waals surface area (Å²) >= 11 is 4.97. The van der Waals surface area contributed by atoms with Crippen LogP contribution in [0.1, 0.15) is 37.4 Å². The van der Waals surface area contributed by atoms with Gasteiger partial charge in [-0.3, -0.25) is 4.90 Å². The van der Waals surface area contributed by atoms with Crippen LogP contribution in [0.25, 0.3) is 0 Å². The maximum absolute atomic E-state index is 6.03. The van der Waals surface area contributed by atoms with Crippen molar-refractivity contribution in [2.75, 3.05) is 44.4 Å². The van der Waals surface area contributed by atoms with Crippen LogP contribution in [0.5, 0.6) is 5.75 Å². The van der Waals surface area contributed by atoms with Gasteiger partial charge in [-0.05, 0) is 43.6 Å². The largest absolute Gasteiger partial charge is 0.493 e. The van der Waals surface area contributed by atoms with E-state index in [0.29, 0.717) is 24.9 Å². The van der Waals surface area contributed by atoms with Crippen molar-refractivity contribution in [1.29, 1.82) is 0 Å². The van der Waals surface area contributed by atoms with E-state index in [1.165, 1.54) is 43.4 Å². The molecule has 0 spiro atoms. The molecular formula is C20H31N7OS. The van der Waals surface area contributed by atoms with Crippen molar-refractivity contribution >= 4 is 29.6 Å². The summed E-state index contributed by atoms with van der Waals surface area (Å²) < 4.78 is 7.66. The summed E-state index contributed by atoms with van der Waals surface area (Å²) in [5, 5.41) is 7.56. The fourth-order valence-corrected chi connectivity index (χ4v) is 3.65. The molecule has 1 fully saturated rings. The lowest BCUT2D eigenvalue weighted by Gasteiger charge is -2.26. The molecular weight excluding hydrogens is 386 g/mol. The Balaban J connectivity index is 1.57. The summed E-state index contributed by atoms with van der Waals surface area (Å²) in [6.45, 7) is 3.86. The van der Waals surface area contributed by atoms with Crippen LogP contribution in [0, 0.1) is 0 Å². The number of piperidine rings is 1. The summed E-state index contributed by atoms with van der Waals surface area (Å²) in [5.74, 6) is 1.78. The Hall–Kier alpha value is -2.39. The summed E-state index contributed by atoms with van der Waals surface area (Å²) in [6.07, 6.45) is 4.37. The van der Waals surface area contributed by atoms with Crippen molar-refractivity contribution in [2.24, 2.45) is 0 Å². The number of anilines is 2. The second kappa shape index (κ2) is 10.4. The van der Waals surface area contributed by atoms with Gasteiger partial charge in [0.05, 0.1) is 12.1 Å². The van der Waals surface area contributed by atoms with E-state index in [1.807, 2.05) is 25.1 Å². The maximum atomic E-state index is 6.03. The standard InChI is InChI=1S/C20H31N7OS/c1-25(2)20-23-19(21)27(24-20)18(22-15-29)9-12-28-17-8-6-7-16(13-17)14-26-10-4-3-5-11-26/h6-8,13,15,18H,3-5,9-12,14H2,1-2H3,(H,22,29)(H2,21,23,24). The Labute approximate surface area is 178 Å². The van der Waals surface area contributed by atoms with Gasteiger partial charge in [-0.2, -0.15) is 4.98 Å². The second-order valence-corrected chi connectivity index (χ2v) is 7.77. The monoisotopic (exact) mass is 417 g/mol. The fraction of sp³-hybridized carbons (Fsp3) is 0.550. The van der Waals surface area contributed by atoms with Gasteiger partial charge in [0.1, 0.15) is 11.9 Å². The molecule has 2 aromatic rings. The van der Waals surface area contributed by atoms with Gasteiger partial charge in [0.2, 0.25) is 11.9 Å². The van der Waals surface area contributed by atoms with Crippen LogP contribution in [0.3, 0.4) is 0 Å². The average molecular weight is 418 g/mol. The van der Waals surface area contributed by atoms with Gasteiger partial charge < -0.3 is 20.7 Å². The molecule has 1 aromatic carbocycles. The third-order valence-electron chi connectivity index (χ3n) is 5.02. The molecule has 158 valence electrons. The molecule has 8 nitrogen and oxygen atoms in total. The molecule has 0 bridgehead atoms. The molecule has 1 atom stereocenters. The molecule has 0 amide bonds. The number of likely N-dealkylation sites (tertiary alicyclic amines) is 1. The van der Waals surface area contributed by atoms with Crippen LogP contribution in [0.4, 0.5) is 11.9 Å². The first kappa shape index (κ1) is 21.3. The predicted octanol–water partition coefficient (Wildman–Crippen LogP) is 2.43. The first-order chi connectivity index (χ1) is 14.1. The molecule has 0 radical (unpaired) electrons. The van der Waals surface area contributed by atoms with Crippen LogP contribution < -0.4 is 20.7 Å². The topological polar surface area (TPSA) is 84.5 Å². The normalized spacial score (nSPS) is 15.7. The zero-order valence-corrected chi connectivity index (χ0v) is 18.1. The van der Waals surface area contributed by atoms with Crippen molar-refractivity contribution < 1.29 is 4.74 Å². The summed E-state index contributed by atoms with van der Waals surface area (Å²) in [5.41, 5.74) is 8.79. The maximum Gasteiger partial charge on any atom is 0.246 e. The van der Waals surface area contributed by atoms with Gasteiger partial charge in [-0.1, -0.05) is 30.8 Å². The van der Waals surface area contributed by atoms with E-state index < -0.39 is 0 Å². The third-order valence-corrected chi connectivity index (χ3v) is 5.15. The number of hydrogen-bond acceptors (Lipinski definition) is 7. The minimum Gasteiger partial charge on any atom is -0.493 e. The van der Waals surface area contributed by atoms with E-state index in [0.717, 1.165) is 12.3 Å². The molecule has 1 aromatic heterocycles. The van der Waals surface area contributed by atoms with Crippen LogP contribution >= 0.6 is 12.2 Å². The zero-order valence-electron chi connectivity index (χ0n) is 17.3. The third kappa shape index (κ3) is 6.04. The molecule has 0 saturated carbocycles. The minimum absolute atomic E-state index is 0.217. The van der Waals surface area contributed by atoms with E-state index in [1.54, 1.807) is 4.68 Å². The molecule has 1 aliphatic rings. The summed E-state index contributed by atoms with van der Waals surface area (Å²) in [6, 6.07) is 8.34. The van der Waals surface area contributed by atoms with E-state index >= 15 is 0 Å². The number of nitrogens with zero attached hydrogens (tertiary/aromatic N) is 5. The van der Waals surface area contributed by atoms with Gasteiger partial charge in [0.15, 0.2) is 0 Å².